The van der Waals surface area contributed by atoms with Crippen LogP contribution in [0.15, 0.2) is 0 Å². The SMILES string of the molecule is COCC(O)CCNCc1c(Cl)c(C)nn1C. The summed E-state index contributed by atoms with van der Waals surface area (Å²) in [5.74, 6) is 0. The van der Waals surface area contributed by atoms with Gasteiger partial charge in [-0.2, -0.15) is 5.10 Å². The van der Waals surface area contributed by atoms with Crippen molar-refractivity contribution < 1.29 is 9.84 Å². The van der Waals surface area contributed by atoms with Gasteiger partial charge in [0, 0.05) is 20.7 Å². The maximum absolute atomic E-state index is 9.45. The van der Waals surface area contributed by atoms with Crippen LogP contribution in [0.3, 0.4) is 0 Å². The van der Waals surface area contributed by atoms with E-state index in [4.69, 9.17) is 16.3 Å². The average Bonchev–Trinajstić information content (AvgIpc) is 2.50. The van der Waals surface area contributed by atoms with Gasteiger partial charge in [-0.25, -0.2) is 0 Å². The maximum atomic E-state index is 9.45. The number of aryl methyl sites for hydroxylation is 2. The summed E-state index contributed by atoms with van der Waals surface area (Å²) in [6.45, 7) is 3.61. The molecule has 0 radical (unpaired) electrons. The molecule has 6 heteroatoms. The van der Waals surface area contributed by atoms with Gasteiger partial charge in [0.25, 0.3) is 0 Å². The highest BCUT2D eigenvalue weighted by atomic mass is 35.5. The average molecular weight is 262 g/mol. The van der Waals surface area contributed by atoms with Gasteiger partial charge in [0.15, 0.2) is 0 Å². The molecule has 2 N–H and O–H groups in total. The third kappa shape index (κ3) is 4.27. The van der Waals surface area contributed by atoms with Crippen LogP contribution in [0, 0.1) is 6.92 Å². The summed E-state index contributed by atoms with van der Waals surface area (Å²) in [7, 11) is 3.45. The molecule has 1 atom stereocenters. The summed E-state index contributed by atoms with van der Waals surface area (Å²) < 4.78 is 6.62. The number of nitrogens with zero attached hydrogens (tertiary/aromatic N) is 2. The van der Waals surface area contributed by atoms with Crippen molar-refractivity contribution in [2.45, 2.75) is 26.0 Å². The van der Waals surface area contributed by atoms with Gasteiger partial charge in [0.05, 0.1) is 29.1 Å². The van der Waals surface area contributed by atoms with Crippen LogP contribution in [-0.2, 0) is 18.3 Å². The van der Waals surface area contributed by atoms with Crippen LogP contribution in [0.4, 0.5) is 0 Å². The summed E-state index contributed by atoms with van der Waals surface area (Å²) in [6, 6.07) is 0. The topological polar surface area (TPSA) is 59.3 Å². The van der Waals surface area contributed by atoms with Crippen LogP contribution in [0.5, 0.6) is 0 Å². The number of aliphatic hydroxyl groups is 1. The molecule has 0 aliphatic heterocycles. The van der Waals surface area contributed by atoms with E-state index in [-0.39, 0.29) is 0 Å². The third-order valence-corrected chi connectivity index (χ3v) is 3.06. The van der Waals surface area contributed by atoms with Crippen LogP contribution in [-0.4, -0.2) is 41.3 Å². The number of rotatable bonds is 7. The minimum Gasteiger partial charge on any atom is -0.391 e. The van der Waals surface area contributed by atoms with E-state index in [9.17, 15) is 5.11 Å². The lowest BCUT2D eigenvalue weighted by molar-refractivity contribution is 0.0594. The lowest BCUT2D eigenvalue weighted by Crippen LogP contribution is -2.23. The molecule has 0 aliphatic rings. The molecule has 17 heavy (non-hydrogen) atoms. The standard InChI is InChI=1S/C11H20ClN3O2/c1-8-11(12)10(15(2)14-8)6-13-5-4-9(16)7-17-3/h9,13,16H,4-7H2,1-3H3. The number of hydrogen-bond acceptors (Lipinski definition) is 4. The predicted octanol–water partition coefficient (Wildman–Crippen LogP) is 0.869. The van der Waals surface area contributed by atoms with Gasteiger partial charge in [-0.15, -0.1) is 0 Å². The van der Waals surface area contributed by atoms with Crippen molar-refractivity contribution >= 4 is 11.6 Å². The molecule has 0 spiro atoms. The Hall–Kier alpha value is -0.620. The van der Waals surface area contributed by atoms with Gasteiger partial charge in [0.2, 0.25) is 0 Å². The molecule has 0 saturated heterocycles. The minimum atomic E-state index is -0.420. The molecule has 1 aromatic heterocycles. The van der Waals surface area contributed by atoms with Gasteiger partial charge in [-0.1, -0.05) is 11.6 Å². The number of nitrogens with one attached hydrogen (secondary N) is 1. The van der Waals surface area contributed by atoms with Crippen molar-refractivity contribution in [3.05, 3.63) is 16.4 Å². The van der Waals surface area contributed by atoms with Crippen molar-refractivity contribution in [2.75, 3.05) is 20.3 Å². The van der Waals surface area contributed by atoms with Crippen LogP contribution < -0.4 is 5.32 Å². The molecule has 0 aliphatic carbocycles. The molecular formula is C11H20ClN3O2. The zero-order valence-electron chi connectivity index (χ0n) is 10.5. The molecule has 0 fully saturated rings. The first kappa shape index (κ1) is 14.4. The summed E-state index contributed by atoms with van der Waals surface area (Å²) in [5.41, 5.74) is 1.80. The molecule has 0 amide bonds. The first-order valence-corrected chi connectivity index (χ1v) is 5.99. The van der Waals surface area contributed by atoms with Crippen molar-refractivity contribution in [3.63, 3.8) is 0 Å². The van der Waals surface area contributed by atoms with E-state index in [1.807, 2.05) is 14.0 Å². The van der Waals surface area contributed by atoms with Gasteiger partial charge >= 0.3 is 0 Å². The summed E-state index contributed by atoms with van der Waals surface area (Å²) in [6.07, 6.45) is 0.235. The highest BCUT2D eigenvalue weighted by molar-refractivity contribution is 6.31. The van der Waals surface area contributed by atoms with E-state index < -0.39 is 6.10 Å². The number of ether oxygens (including phenoxy) is 1. The molecule has 1 aromatic rings. The first-order valence-electron chi connectivity index (χ1n) is 5.62. The smallest absolute Gasteiger partial charge is 0.0860 e. The zero-order chi connectivity index (χ0) is 12.8. The third-order valence-electron chi connectivity index (χ3n) is 2.57. The Balaban J connectivity index is 2.31. The minimum absolute atomic E-state index is 0.368. The van der Waals surface area contributed by atoms with Crippen LogP contribution >= 0.6 is 11.6 Å². The van der Waals surface area contributed by atoms with Crippen LogP contribution in [0.1, 0.15) is 17.8 Å². The number of aromatic nitrogens is 2. The van der Waals surface area contributed by atoms with Gasteiger partial charge in [0.1, 0.15) is 0 Å². The normalized spacial score (nSPS) is 13.0. The van der Waals surface area contributed by atoms with Crippen molar-refractivity contribution in [1.82, 2.24) is 15.1 Å². The summed E-state index contributed by atoms with van der Waals surface area (Å²) in [5, 5.41) is 17.6. The van der Waals surface area contributed by atoms with Crippen molar-refractivity contribution in [1.29, 1.82) is 0 Å². The van der Waals surface area contributed by atoms with Gasteiger partial charge in [-0.3, -0.25) is 4.68 Å². The number of aliphatic hydroxyl groups excluding tert-OH is 1. The molecule has 98 valence electrons. The molecule has 1 rings (SSSR count). The van der Waals surface area contributed by atoms with E-state index in [0.29, 0.717) is 31.1 Å². The van der Waals surface area contributed by atoms with E-state index in [1.165, 1.54) is 0 Å². The van der Waals surface area contributed by atoms with Crippen molar-refractivity contribution in [3.8, 4) is 0 Å². The van der Waals surface area contributed by atoms with Crippen LogP contribution in [0.25, 0.3) is 0 Å². The predicted molar refractivity (Wildman–Crippen MR) is 67.2 cm³/mol. The quantitative estimate of drug-likeness (QED) is 0.715. The van der Waals surface area contributed by atoms with Crippen LogP contribution in [0.2, 0.25) is 5.02 Å². The fourth-order valence-electron chi connectivity index (χ4n) is 1.62. The van der Waals surface area contributed by atoms with Gasteiger partial charge < -0.3 is 15.2 Å². The second-order valence-electron chi connectivity index (χ2n) is 4.04. The Kier molecular flexibility index (Phi) is 5.91. The number of hydrogen-bond donors (Lipinski definition) is 2. The first-order chi connectivity index (χ1) is 8.06. The largest absolute Gasteiger partial charge is 0.391 e. The summed E-state index contributed by atoms with van der Waals surface area (Å²) >= 11 is 6.11. The molecule has 1 unspecified atom stereocenters. The number of halogens is 1. The fourth-order valence-corrected chi connectivity index (χ4v) is 1.85. The highest BCUT2D eigenvalue weighted by Crippen LogP contribution is 2.18. The molecule has 0 bridgehead atoms. The maximum Gasteiger partial charge on any atom is 0.0860 e. The van der Waals surface area contributed by atoms with Gasteiger partial charge in [-0.05, 0) is 19.9 Å². The van der Waals surface area contributed by atoms with E-state index in [1.54, 1.807) is 11.8 Å². The molecule has 1 heterocycles. The Morgan fingerprint density at radius 3 is 2.82 bits per heavy atom. The highest BCUT2D eigenvalue weighted by Gasteiger charge is 2.10. The zero-order valence-corrected chi connectivity index (χ0v) is 11.3. The Labute approximate surface area is 107 Å². The van der Waals surface area contributed by atoms with Crippen molar-refractivity contribution in [2.24, 2.45) is 7.05 Å². The Morgan fingerprint density at radius 2 is 2.29 bits per heavy atom. The molecule has 5 nitrogen and oxygen atoms in total. The summed E-state index contributed by atoms with van der Waals surface area (Å²) in [4.78, 5) is 0. The molecule has 0 aromatic carbocycles. The second-order valence-corrected chi connectivity index (χ2v) is 4.42. The van der Waals surface area contributed by atoms with E-state index in [2.05, 4.69) is 10.4 Å². The molecule has 0 saturated carbocycles. The lowest BCUT2D eigenvalue weighted by Gasteiger charge is -2.10. The monoisotopic (exact) mass is 261 g/mol. The van der Waals surface area contributed by atoms with E-state index >= 15 is 0 Å². The molecular weight excluding hydrogens is 242 g/mol. The Morgan fingerprint density at radius 1 is 1.59 bits per heavy atom. The lowest BCUT2D eigenvalue weighted by atomic mass is 10.2. The number of methoxy groups -OCH3 is 1. The second kappa shape index (κ2) is 6.96. The Bertz CT molecular complexity index is 355. The fraction of sp³-hybridized carbons (Fsp3) is 0.727. The van der Waals surface area contributed by atoms with E-state index in [0.717, 1.165) is 11.4 Å².